The third kappa shape index (κ3) is 2.90. The van der Waals surface area contributed by atoms with Crippen LogP contribution in [0.25, 0.3) is 0 Å². The molecule has 0 aliphatic carbocycles. The van der Waals surface area contributed by atoms with Crippen LogP contribution in [0, 0.1) is 18.3 Å². The number of nitrogens with zero attached hydrogens (tertiary/aromatic N) is 3. The predicted molar refractivity (Wildman–Crippen MR) is 76.3 cm³/mol. The van der Waals surface area contributed by atoms with Gasteiger partial charge in [-0.05, 0) is 24.6 Å². The van der Waals surface area contributed by atoms with Crippen molar-refractivity contribution in [3.8, 4) is 6.07 Å². The molecule has 0 spiro atoms. The number of nitriles is 1. The van der Waals surface area contributed by atoms with Crippen molar-refractivity contribution in [3.63, 3.8) is 0 Å². The van der Waals surface area contributed by atoms with E-state index in [1.165, 1.54) is 4.68 Å². The van der Waals surface area contributed by atoms with Gasteiger partial charge in [-0.1, -0.05) is 28.1 Å². The molecule has 0 fully saturated rings. The monoisotopic (exact) mass is 354 g/mol. The molecule has 1 aromatic carbocycles. The Morgan fingerprint density at radius 3 is 2.75 bits per heavy atom. The molecule has 0 aliphatic heterocycles. The molecule has 1 heterocycles. The predicted octanol–water partition coefficient (Wildman–Crippen LogP) is 1.52. The van der Waals surface area contributed by atoms with E-state index in [-0.39, 0.29) is 17.1 Å². The lowest BCUT2D eigenvalue weighted by atomic mass is 10.2. The van der Waals surface area contributed by atoms with Gasteiger partial charge in [-0.25, -0.2) is 18.2 Å². The number of rotatable bonds is 3. The van der Waals surface area contributed by atoms with Crippen LogP contribution in [0.4, 0.5) is 0 Å². The normalized spacial score (nSPS) is 11.3. The summed E-state index contributed by atoms with van der Waals surface area (Å²) in [5, 5.41) is 18.1. The van der Waals surface area contributed by atoms with Crippen LogP contribution < -0.4 is 5.14 Å². The van der Waals surface area contributed by atoms with Gasteiger partial charge in [0.05, 0.1) is 12.2 Å². The summed E-state index contributed by atoms with van der Waals surface area (Å²) in [7, 11) is -4.02. The van der Waals surface area contributed by atoms with Crippen LogP contribution in [0.5, 0.6) is 0 Å². The van der Waals surface area contributed by atoms with Gasteiger partial charge in [0.15, 0.2) is 5.03 Å². The molecule has 0 bridgehead atoms. The maximum Gasteiger partial charge on any atom is 0.256 e. The van der Waals surface area contributed by atoms with Crippen molar-refractivity contribution < 1.29 is 8.42 Å². The van der Waals surface area contributed by atoms with Crippen LogP contribution in [0.1, 0.15) is 16.8 Å². The maximum absolute atomic E-state index is 11.7. The van der Waals surface area contributed by atoms with Crippen LogP contribution in [-0.2, 0) is 16.6 Å². The number of nitrogens with two attached hydrogens (primary N) is 1. The highest BCUT2D eigenvalue weighted by Gasteiger charge is 2.24. The second-order valence-electron chi connectivity index (χ2n) is 4.21. The quantitative estimate of drug-likeness (QED) is 0.902. The first-order valence-electron chi connectivity index (χ1n) is 5.57. The summed E-state index contributed by atoms with van der Waals surface area (Å²) in [4.78, 5) is 0. The van der Waals surface area contributed by atoms with Crippen LogP contribution in [-0.4, -0.2) is 18.2 Å². The van der Waals surface area contributed by atoms with Crippen LogP contribution in [0.2, 0.25) is 0 Å². The topological polar surface area (TPSA) is 102 Å². The number of halogens is 1. The average molecular weight is 355 g/mol. The summed E-state index contributed by atoms with van der Waals surface area (Å²) in [6.07, 6.45) is 0. The van der Waals surface area contributed by atoms with Gasteiger partial charge in [0.1, 0.15) is 11.6 Å². The molecule has 2 aromatic rings. The van der Waals surface area contributed by atoms with E-state index in [0.717, 1.165) is 10.0 Å². The molecule has 2 rings (SSSR count). The standard InChI is InChI=1S/C12H11BrN4O2S/c1-8-11(6-14)12(20(15,18)19)17(16-8)7-9-3-2-4-10(13)5-9/h2-5H,7H2,1H3,(H2,15,18,19). The maximum atomic E-state index is 11.7. The van der Waals surface area contributed by atoms with Crippen molar-refractivity contribution in [2.45, 2.75) is 18.5 Å². The highest BCUT2D eigenvalue weighted by molar-refractivity contribution is 9.10. The SMILES string of the molecule is Cc1nn(Cc2cccc(Br)c2)c(S(N)(=O)=O)c1C#N. The molecule has 0 saturated carbocycles. The fourth-order valence-corrected chi connectivity index (χ4v) is 3.22. The number of hydrogen-bond acceptors (Lipinski definition) is 4. The lowest BCUT2D eigenvalue weighted by molar-refractivity contribution is 0.562. The fraction of sp³-hybridized carbons (Fsp3) is 0.167. The third-order valence-electron chi connectivity index (χ3n) is 2.68. The Bertz CT molecular complexity index is 805. The molecule has 0 amide bonds. The molecular formula is C12H11BrN4O2S. The Morgan fingerprint density at radius 1 is 1.50 bits per heavy atom. The molecule has 104 valence electrons. The molecule has 0 radical (unpaired) electrons. The first-order chi connectivity index (χ1) is 9.32. The van der Waals surface area contributed by atoms with E-state index in [9.17, 15) is 8.42 Å². The number of aromatic nitrogens is 2. The number of primary sulfonamides is 1. The summed E-state index contributed by atoms with van der Waals surface area (Å²) >= 11 is 3.34. The van der Waals surface area contributed by atoms with Crippen molar-refractivity contribution in [2.24, 2.45) is 5.14 Å². The van der Waals surface area contributed by atoms with E-state index in [2.05, 4.69) is 21.0 Å². The Labute approximate surface area is 125 Å². The summed E-state index contributed by atoms with van der Waals surface area (Å²) in [6, 6.07) is 9.20. The molecule has 0 atom stereocenters. The molecule has 1 aromatic heterocycles. The van der Waals surface area contributed by atoms with Gasteiger partial charge in [-0.2, -0.15) is 10.4 Å². The zero-order chi connectivity index (χ0) is 14.9. The summed E-state index contributed by atoms with van der Waals surface area (Å²) in [5.74, 6) is 0. The number of benzene rings is 1. The highest BCUT2D eigenvalue weighted by Crippen LogP contribution is 2.19. The first kappa shape index (κ1) is 14.7. The molecule has 2 N–H and O–H groups in total. The van der Waals surface area contributed by atoms with Gasteiger partial charge in [-0.3, -0.25) is 0 Å². The Hall–Kier alpha value is -1.69. The first-order valence-corrected chi connectivity index (χ1v) is 7.91. The van der Waals surface area contributed by atoms with Crippen molar-refractivity contribution >= 4 is 26.0 Å². The smallest absolute Gasteiger partial charge is 0.247 e. The van der Waals surface area contributed by atoms with Crippen molar-refractivity contribution in [2.75, 3.05) is 0 Å². The molecule has 6 nitrogen and oxygen atoms in total. The second-order valence-corrected chi connectivity index (χ2v) is 6.60. The van der Waals surface area contributed by atoms with Crippen LogP contribution in [0.15, 0.2) is 33.8 Å². The molecular weight excluding hydrogens is 344 g/mol. The zero-order valence-electron chi connectivity index (χ0n) is 10.5. The van der Waals surface area contributed by atoms with Gasteiger partial charge < -0.3 is 0 Å². The Morgan fingerprint density at radius 2 is 2.20 bits per heavy atom. The molecule has 0 aliphatic rings. The lowest BCUT2D eigenvalue weighted by Crippen LogP contribution is -2.19. The molecule has 20 heavy (non-hydrogen) atoms. The average Bonchev–Trinajstić information content (AvgIpc) is 2.64. The van der Waals surface area contributed by atoms with Crippen molar-refractivity contribution in [1.29, 1.82) is 5.26 Å². The molecule has 8 heteroatoms. The van der Waals surface area contributed by atoms with Gasteiger partial charge >= 0.3 is 0 Å². The van der Waals surface area contributed by atoms with E-state index in [4.69, 9.17) is 10.4 Å². The van der Waals surface area contributed by atoms with Crippen LogP contribution >= 0.6 is 15.9 Å². The number of aryl methyl sites for hydroxylation is 1. The van der Waals surface area contributed by atoms with Gasteiger partial charge in [0.25, 0.3) is 10.0 Å². The van der Waals surface area contributed by atoms with Crippen molar-refractivity contribution in [3.05, 3.63) is 45.6 Å². The minimum Gasteiger partial charge on any atom is -0.247 e. The number of hydrogen-bond donors (Lipinski definition) is 1. The van der Waals surface area contributed by atoms with E-state index in [1.54, 1.807) is 6.92 Å². The Balaban J connectivity index is 2.56. The Kier molecular flexibility index (Phi) is 3.94. The van der Waals surface area contributed by atoms with Crippen molar-refractivity contribution in [1.82, 2.24) is 9.78 Å². The molecule has 0 saturated heterocycles. The molecule has 0 unspecified atom stereocenters. The van der Waals surface area contributed by atoms with E-state index in [0.29, 0.717) is 5.69 Å². The van der Waals surface area contributed by atoms with E-state index in [1.807, 2.05) is 30.3 Å². The van der Waals surface area contributed by atoms with Gasteiger partial charge in [-0.15, -0.1) is 0 Å². The zero-order valence-corrected chi connectivity index (χ0v) is 12.9. The number of sulfonamides is 1. The van der Waals surface area contributed by atoms with Gasteiger partial charge in [0.2, 0.25) is 0 Å². The minimum absolute atomic E-state index is 0.0116. The third-order valence-corrected chi connectivity index (χ3v) is 4.13. The second kappa shape index (κ2) is 5.36. The van der Waals surface area contributed by atoms with Crippen LogP contribution in [0.3, 0.4) is 0 Å². The fourth-order valence-electron chi connectivity index (χ4n) is 1.89. The minimum atomic E-state index is -4.02. The summed E-state index contributed by atoms with van der Waals surface area (Å²) < 4.78 is 25.4. The summed E-state index contributed by atoms with van der Waals surface area (Å²) in [5.41, 5.74) is 1.17. The largest absolute Gasteiger partial charge is 0.256 e. The van der Waals surface area contributed by atoms with Gasteiger partial charge in [0, 0.05) is 4.47 Å². The lowest BCUT2D eigenvalue weighted by Gasteiger charge is -2.06. The van der Waals surface area contributed by atoms with E-state index < -0.39 is 10.0 Å². The van der Waals surface area contributed by atoms with E-state index >= 15 is 0 Å². The highest BCUT2D eigenvalue weighted by atomic mass is 79.9. The summed E-state index contributed by atoms with van der Waals surface area (Å²) in [6.45, 7) is 1.79.